The normalized spacial score (nSPS) is 21.8. The fourth-order valence-corrected chi connectivity index (χ4v) is 5.26. The Morgan fingerprint density at radius 2 is 1.90 bits per heavy atom. The number of nitriles is 1. The van der Waals surface area contributed by atoms with Gasteiger partial charge in [-0.25, -0.2) is 4.79 Å². The van der Waals surface area contributed by atoms with Crippen LogP contribution in [0.15, 0.2) is 18.2 Å². The second-order valence-corrected chi connectivity index (χ2v) is 12.5. The minimum absolute atomic E-state index is 0.0684. The summed E-state index contributed by atoms with van der Waals surface area (Å²) in [7, 11) is 0. The Balaban J connectivity index is 1.84. The molecule has 1 spiro atoms. The van der Waals surface area contributed by atoms with E-state index in [4.69, 9.17) is 4.74 Å². The Morgan fingerprint density at radius 3 is 2.43 bits per heavy atom. The summed E-state index contributed by atoms with van der Waals surface area (Å²) in [5.74, 6) is 0. The van der Waals surface area contributed by atoms with Gasteiger partial charge in [-0.1, -0.05) is 6.07 Å². The number of hydrogen-bond donors (Lipinski definition) is 1. The summed E-state index contributed by atoms with van der Waals surface area (Å²) >= 11 is -1.22. The number of carbonyl (C=O) groups is 1. The molecule has 1 fully saturated rings. The minimum Gasteiger partial charge on any atom is -0.598 e. The first-order valence-electron chi connectivity index (χ1n) is 10.5. The Bertz CT molecular complexity index is 843. The Morgan fingerprint density at radius 1 is 1.27 bits per heavy atom. The van der Waals surface area contributed by atoms with Crippen LogP contribution in [0.3, 0.4) is 0 Å². The van der Waals surface area contributed by atoms with Gasteiger partial charge in [0.15, 0.2) is 0 Å². The number of nitrogens with one attached hydrogen (secondary N) is 1. The maximum atomic E-state index is 13.0. The maximum absolute atomic E-state index is 13.0. The number of benzene rings is 1. The lowest BCUT2D eigenvalue weighted by atomic mass is 9.73. The van der Waals surface area contributed by atoms with Crippen molar-refractivity contribution in [3.05, 3.63) is 34.9 Å². The van der Waals surface area contributed by atoms with E-state index in [1.165, 1.54) is 0 Å². The Hall–Kier alpha value is -1.75. The molecule has 1 unspecified atom stereocenters. The topological polar surface area (TPSA) is 88.4 Å². The van der Waals surface area contributed by atoms with Crippen molar-refractivity contribution in [3.63, 3.8) is 0 Å². The van der Waals surface area contributed by atoms with Crippen molar-refractivity contribution >= 4 is 17.5 Å². The molecular weight excluding hydrogens is 398 g/mol. The molecule has 2 atom stereocenters. The van der Waals surface area contributed by atoms with Gasteiger partial charge < -0.3 is 14.2 Å². The molecule has 0 radical (unpaired) electrons. The molecule has 1 saturated heterocycles. The van der Waals surface area contributed by atoms with Crippen LogP contribution in [0.2, 0.25) is 0 Å². The molecule has 0 saturated carbocycles. The molecule has 1 heterocycles. The van der Waals surface area contributed by atoms with Crippen molar-refractivity contribution in [1.82, 2.24) is 9.62 Å². The lowest BCUT2D eigenvalue weighted by molar-refractivity contribution is 0.00716. The first-order chi connectivity index (χ1) is 13.8. The van der Waals surface area contributed by atoms with Crippen LogP contribution >= 0.6 is 0 Å². The molecule has 30 heavy (non-hydrogen) atoms. The van der Waals surface area contributed by atoms with E-state index in [2.05, 4.69) is 10.8 Å². The number of rotatable bonds is 2. The molecule has 0 bridgehead atoms. The SMILES string of the molecule is CC(C)(C)OC(=O)N1CCC2(CC1)Cc1cc(C#N)ccc1[C@@H]2N[S+]([O-])C(C)(C)C. The third kappa shape index (κ3) is 4.77. The van der Waals surface area contributed by atoms with Gasteiger partial charge >= 0.3 is 6.09 Å². The van der Waals surface area contributed by atoms with Gasteiger partial charge in [-0.15, -0.1) is 4.72 Å². The molecule has 1 aromatic rings. The largest absolute Gasteiger partial charge is 0.598 e. The third-order valence-corrected chi connectivity index (χ3v) is 7.49. The summed E-state index contributed by atoms with van der Waals surface area (Å²) < 4.78 is 21.5. The molecule has 1 aromatic carbocycles. The molecule has 0 aromatic heterocycles. The highest BCUT2D eigenvalue weighted by molar-refractivity contribution is 7.90. The van der Waals surface area contributed by atoms with Gasteiger partial charge in [0, 0.05) is 29.9 Å². The zero-order valence-corrected chi connectivity index (χ0v) is 19.7. The lowest BCUT2D eigenvalue weighted by Crippen LogP contribution is -2.51. The van der Waals surface area contributed by atoms with Crippen LogP contribution in [-0.2, 0) is 22.5 Å². The molecule has 164 valence electrons. The van der Waals surface area contributed by atoms with Gasteiger partial charge in [0.05, 0.1) is 17.7 Å². The van der Waals surface area contributed by atoms with Gasteiger partial charge in [0.1, 0.15) is 10.3 Å². The van der Waals surface area contributed by atoms with Crippen LogP contribution in [0.25, 0.3) is 0 Å². The predicted molar refractivity (Wildman–Crippen MR) is 118 cm³/mol. The summed E-state index contributed by atoms with van der Waals surface area (Å²) in [6.07, 6.45) is 2.13. The first kappa shape index (κ1) is 22.9. The Kier molecular flexibility index (Phi) is 6.16. The van der Waals surface area contributed by atoms with Crippen LogP contribution in [0.5, 0.6) is 0 Å². The van der Waals surface area contributed by atoms with E-state index < -0.39 is 17.0 Å². The number of amides is 1. The van der Waals surface area contributed by atoms with Crippen molar-refractivity contribution in [2.45, 2.75) is 77.2 Å². The number of ether oxygens (including phenoxy) is 1. The number of piperidine rings is 1. The highest BCUT2D eigenvalue weighted by Crippen LogP contribution is 2.52. The van der Waals surface area contributed by atoms with Gasteiger partial charge in [-0.2, -0.15) is 5.26 Å². The summed E-state index contributed by atoms with van der Waals surface area (Å²) in [4.78, 5) is 14.3. The predicted octanol–water partition coefficient (Wildman–Crippen LogP) is 4.22. The standard InChI is InChI=1S/C23H33N3O3S/c1-21(2,3)29-20(27)26-11-9-23(10-12-26)14-17-13-16(15-24)7-8-18(17)19(23)25-30(28)22(4,5)6/h7-8,13,19,25H,9-12,14H2,1-6H3/t19-,30?/m0/s1. The summed E-state index contributed by atoms with van der Waals surface area (Å²) in [5.41, 5.74) is 2.26. The smallest absolute Gasteiger partial charge is 0.410 e. The van der Waals surface area contributed by atoms with Crippen molar-refractivity contribution < 1.29 is 14.1 Å². The fraction of sp³-hybridized carbons (Fsp3) is 0.652. The second kappa shape index (κ2) is 8.07. The average molecular weight is 432 g/mol. The van der Waals surface area contributed by atoms with E-state index in [1.807, 2.05) is 59.7 Å². The highest BCUT2D eigenvalue weighted by atomic mass is 32.2. The van der Waals surface area contributed by atoms with E-state index in [0.717, 1.165) is 30.4 Å². The molecule has 1 amide bonds. The van der Waals surface area contributed by atoms with Crippen molar-refractivity contribution in [1.29, 1.82) is 5.26 Å². The number of nitrogens with zero attached hydrogens (tertiary/aromatic N) is 2. The second-order valence-electron chi connectivity index (χ2n) is 10.5. The molecule has 1 N–H and O–H groups in total. The molecule has 1 aliphatic heterocycles. The number of fused-ring (bicyclic) bond motifs is 1. The van der Waals surface area contributed by atoms with Gasteiger partial charge in [-0.3, -0.25) is 0 Å². The summed E-state index contributed by atoms with van der Waals surface area (Å²) in [6, 6.07) is 7.95. The van der Waals surface area contributed by atoms with Crippen molar-refractivity contribution in [2.24, 2.45) is 5.41 Å². The molecule has 7 heteroatoms. The van der Waals surface area contributed by atoms with Crippen LogP contribution in [-0.4, -0.2) is 39.0 Å². The van der Waals surface area contributed by atoms with Gasteiger partial charge in [0.2, 0.25) is 0 Å². The van der Waals surface area contributed by atoms with Gasteiger partial charge in [-0.05, 0) is 84.1 Å². The van der Waals surface area contributed by atoms with E-state index in [0.29, 0.717) is 18.7 Å². The molecule has 1 aliphatic carbocycles. The monoisotopic (exact) mass is 431 g/mol. The highest BCUT2D eigenvalue weighted by Gasteiger charge is 2.51. The average Bonchev–Trinajstić information content (AvgIpc) is 2.92. The van der Waals surface area contributed by atoms with Crippen molar-refractivity contribution in [3.8, 4) is 6.07 Å². The number of likely N-dealkylation sites (tertiary alicyclic amines) is 1. The lowest BCUT2D eigenvalue weighted by Gasteiger charge is -2.43. The first-order valence-corrected chi connectivity index (χ1v) is 11.7. The zero-order valence-electron chi connectivity index (χ0n) is 18.9. The number of carbonyl (C=O) groups excluding carboxylic acids is 1. The fourth-order valence-electron chi connectivity index (χ4n) is 4.32. The molecule has 3 rings (SSSR count). The van der Waals surface area contributed by atoms with Crippen molar-refractivity contribution in [2.75, 3.05) is 13.1 Å². The third-order valence-electron chi connectivity index (χ3n) is 5.93. The minimum atomic E-state index is -1.22. The zero-order chi connectivity index (χ0) is 22.3. The van der Waals surface area contributed by atoms with E-state index in [1.54, 1.807) is 4.90 Å². The summed E-state index contributed by atoms with van der Waals surface area (Å²) in [5, 5.41) is 9.31. The molecular formula is C23H33N3O3S. The van der Waals surface area contributed by atoms with Crippen LogP contribution in [0.1, 0.15) is 77.1 Å². The maximum Gasteiger partial charge on any atom is 0.410 e. The van der Waals surface area contributed by atoms with Crippen LogP contribution in [0.4, 0.5) is 4.79 Å². The van der Waals surface area contributed by atoms with E-state index in [-0.39, 0.29) is 22.3 Å². The summed E-state index contributed by atoms with van der Waals surface area (Å²) in [6.45, 7) is 12.7. The quantitative estimate of drug-likeness (QED) is 0.708. The van der Waals surface area contributed by atoms with Gasteiger partial charge in [0.25, 0.3) is 0 Å². The van der Waals surface area contributed by atoms with Crippen LogP contribution in [0, 0.1) is 16.7 Å². The Labute approximate surface area is 183 Å². The van der Waals surface area contributed by atoms with E-state index in [9.17, 15) is 14.6 Å². The van der Waals surface area contributed by atoms with Crippen LogP contribution < -0.4 is 4.72 Å². The number of hydrogen-bond acceptors (Lipinski definition) is 5. The van der Waals surface area contributed by atoms with E-state index >= 15 is 0 Å². The molecule has 6 nitrogen and oxygen atoms in total. The molecule has 2 aliphatic rings.